The molecule has 3 aromatic carbocycles. The molecule has 1 saturated carbocycles. The van der Waals surface area contributed by atoms with Crippen LogP contribution in [0.2, 0.25) is 0 Å². The number of oxazole rings is 1. The van der Waals surface area contributed by atoms with Gasteiger partial charge in [-0.05, 0) is 72.4 Å². The topological polar surface area (TPSA) is 89.0 Å². The molecule has 0 atom stereocenters. The number of hydrogen-bond donors (Lipinski definition) is 2. The Balaban J connectivity index is 1.29. The van der Waals surface area contributed by atoms with Crippen LogP contribution < -0.4 is 5.32 Å². The van der Waals surface area contributed by atoms with Crippen molar-refractivity contribution in [2.45, 2.75) is 31.4 Å². The third-order valence-corrected chi connectivity index (χ3v) is 6.87. The van der Waals surface area contributed by atoms with Gasteiger partial charge in [0.15, 0.2) is 11.4 Å². The molecule has 1 aliphatic carbocycles. The fourth-order valence-corrected chi connectivity index (χ4v) is 4.71. The molecule has 5 aromatic rings. The van der Waals surface area contributed by atoms with Crippen molar-refractivity contribution in [3.05, 3.63) is 78.4 Å². The minimum atomic E-state index is -0.548. The zero-order valence-electron chi connectivity index (χ0n) is 19.9. The predicted octanol–water partition coefficient (Wildman–Crippen LogP) is 5.10. The summed E-state index contributed by atoms with van der Waals surface area (Å²) in [5.41, 5.74) is 5.24. The summed E-state index contributed by atoms with van der Waals surface area (Å²) in [5.74, 6) is 0.768. The predicted molar refractivity (Wildman–Crippen MR) is 135 cm³/mol. The van der Waals surface area contributed by atoms with Crippen LogP contribution in [0.25, 0.3) is 45.1 Å². The minimum Gasteiger partial charge on any atom is -0.436 e. The van der Waals surface area contributed by atoms with Gasteiger partial charge in [0.25, 0.3) is 0 Å². The molecular formula is C28H26FN5O2. The number of nitrogens with one attached hydrogen (secondary N) is 1. The van der Waals surface area contributed by atoms with E-state index in [1.807, 2.05) is 49.5 Å². The minimum absolute atomic E-state index is 0.334. The highest BCUT2D eigenvalue weighted by atomic mass is 19.1. The van der Waals surface area contributed by atoms with Crippen LogP contribution in [0.4, 0.5) is 4.39 Å². The van der Waals surface area contributed by atoms with Gasteiger partial charge in [-0.1, -0.05) is 24.3 Å². The van der Waals surface area contributed by atoms with Crippen LogP contribution in [0.5, 0.6) is 0 Å². The van der Waals surface area contributed by atoms with Gasteiger partial charge in [0, 0.05) is 31.3 Å². The second-order valence-corrected chi connectivity index (χ2v) is 9.54. The molecule has 2 heterocycles. The summed E-state index contributed by atoms with van der Waals surface area (Å²) in [6.07, 6.45) is 4.42. The van der Waals surface area contributed by atoms with E-state index in [-0.39, 0.29) is 5.82 Å². The van der Waals surface area contributed by atoms with Gasteiger partial charge in [-0.3, -0.25) is 0 Å². The van der Waals surface area contributed by atoms with Crippen molar-refractivity contribution < 1.29 is 13.9 Å². The molecule has 0 amide bonds. The zero-order chi connectivity index (χ0) is 24.7. The largest absolute Gasteiger partial charge is 0.436 e. The third kappa shape index (κ3) is 4.29. The summed E-state index contributed by atoms with van der Waals surface area (Å²) in [6.45, 7) is 1.26. The van der Waals surface area contributed by atoms with Gasteiger partial charge in [0.2, 0.25) is 5.89 Å². The van der Waals surface area contributed by atoms with Crippen molar-refractivity contribution in [3.8, 4) is 34.0 Å². The van der Waals surface area contributed by atoms with Crippen LogP contribution in [0.15, 0.2) is 71.4 Å². The first kappa shape index (κ1) is 22.6. The Labute approximate surface area is 207 Å². The summed E-state index contributed by atoms with van der Waals surface area (Å²) in [5, 5.41) is 21.7. The number of nitrogens with zero attached hydrogens (tertiary/aromatic N) is 4. The molecule has 6 rings (SSSR count). The van der Waals surface area contributed by atoms with E-state index in [1.165, 1.54) is 12.1 Å². The van der Waals surface area contributed by atoms with Crippen molar-refractivity contribution in [2.75, 3.05) is 6.54 Å². The van der Waals surface area contributed by atoms with Crippen LogP contribution in [0, 0.1) is 5.82 Å². The van der Waals surface area contributed by atoms with Crippen molar-refractivity contribution >= 4 is 11.1 Å². The Morgan fingerprint density at radius 2 is 1.92 bits per heavy atom. The summed E-state index contributed by atoms with van der Waals surface area (Å²) in [7, 11) is 1.83. The molecule has 36 heavy (non-hydrogen) atoms. The van der Waals surface area contributed by atoms with Crippen molar-refractivity contribution in [3.63, 3.8) is 0 Å². The van der Waals surface area contributed by atoms with Gasteiger partial charge < -0.3 is 19.4 Å². The lowest BCUT2D eigenvalue weighted by molar-refractivity contribution is -0.0314. The lowest BCUT2D eigenvalue weighted by Gasteiger charge is -2.36. The summed E-state index contributed by atoms with van der Waals surface area (Å²) in [6, 6.07) is 18.5. The van der Waals surface area contributed by atoms with Gasteiger partial charge in [0.1, 0.15) is 17.7 Å². The second kappa shape index (κ2) is 8.96. The average Bonchev–Trinajstić information content (AvgIpc) is 3.49. The molecule has 0 unspecified atom stereocenters. The van der Waals surface area contributed by atoms with Crippen LogP contribution in [-0.2, 0) is 13.6 Å². The number of benzene rings is 3. The number of fused-ring (bicyclic) bond motifs is 1. The van der Waals surface area contributed by atoms with Crippen LogP contribution in [0.1, 0.15) is 24.8 Å². The number of aromatic nitrogens is 4. The molecule has 0 bridgehead atoms. The van der Waals surface area contributed by atoms with E-state index < -0.39 is 5.60 Å². The highest BCUT2D eigenvalue weighted by Crippen LogP contribution is 2.34. The highest BCUT2D eigenvalue weighted by molar-refractivity contribution is 5.83. The third-order valence-electron chi connectivity index (χ3n) is 6.87. The molecule has 2 N–H and O–H groups in total. The van der Waals surface area contributed by atoms with E-state index in [0.29, 0.717) is 36.0 Å². The van der Waals surface area contributed by atoms with E-state index in [0.717, 1.165) is 47.0 Å². The average molecular weight is 484 g/mol. The second-order valence-electron chi connectivity index (χ2n) is 9.54. The standard InChI is InChI=1S/C28H26FN5O2/c1-34-17-31-33-26(34)23-14-21(29)7-8-22(23)19-4-2-5-20(13-19)27-32-24-12-18(6-9-25(24)36-27)15-30-16-28(35)10-3-11-28/h2,4-9,12-14,17,30,35H,3,10-11,15-16H2,1H3. The number of rotatable bonds is 7. The quantitative estimate of drug-likeness (QED) is 0.335. The fourth-order valence-electron chi connectivity index (χ4n) is 4.71. The van der Waals surface area contributed by atoms with Gasteiger partial charge in [-0.25, -0.2) is 9.37 Å². The normalized spacial score (nSPS) is 14.8. The smallest absolute Gasteiger partial charge is 0.227 e. The van der Waals surface area contributed by atoms with Gasteiger partial charge in [-0.2, -0.15) is 0 Å². The van der Waals surface area contributed by atoms with Crippen molar-refractivity contribution in [2.24, 2.45) is 7.05 Å². The Morgan fingerprint density at radius 1 is 1.06 bits per heavy atom. The first-order valence-electron chi connectivity index (χ1n) is 12.0. The maximum Gasteiger partial charge on any atom is 0.227 e. The highest BCUT2D eigenvalue weighted by Gasteiger charge is 2.33. The molecule has 0 radical (unpaired) electrons. The Morgan fingerprint density at radius 3 is 2.69 bits per heavy atom. The van der Waals surface area contributed by atoms with Crippen LogP contribution in [0.3, 0.4) is 0 Å². The molecule has 0 aliphatic heterocycles. The lowest BCUT2D eigenvalue weighted by atomic mass is 9.80. The Kier molecular flexibility index (Phi) is 5.62. The SMILES string of the molecule is Cn1cnnc1-c1cc(F)ccc1-c1cccc(-c2nc3cc(CNCC4(O)CCC4)ccc3o2)c1. The van der Waals surface area contributed by atoms with E-state index in [4.69, 9.17) is 9.40 Å². The molecule has 2 aromatic heterocycles. The van der Waals surface area contributed by atoms with E-state index in [2.05, 4.69) is 15.5 Å². The number of aryl methyl sites for hydroxylation is 1. The molecular weight excluding hydrogens is 457 g/mol. The first-order chi connectivity index (χ1) is 17.5. The molecule has 0 spiro atoms. The Hall–Kier alpha value is -3.88. The van der Waals surface area contributed by atoms with Crippen molar-refractivity contribution in [1.29, 1.82) is 0 Å². The maximum absolute atomic E-state index is 14.1. The van der Waals surface area contributed by atoms with Crippen LogP contribution in [-0.4, -0.2) is 37.0 Å². The van der Waals surface area contributed by atoms with E-state index in [1.54, 1.807) is 17.0 Å². The molecule has 182 valence electrons. The van der Waals surface area contributed by atoms with Gasteiger partial charge in [0.05, 0.1) is 5.60 Å². The monoisotopic (exact) mass is 483 g/mol. The van der Waals surface area contributed by atoms with Gasteiger partial charge in [-0.15, -0.1) is 10.2 Å². The molecule has 0 saturated heterocycles. The fraction of sp³-hybridized carbons (Fsp3) is 0.250. The molecule has 1 aliphatic rings. The summed E-state index contributed by atoms with van der Waals surface area (Å²) in [4.78, 5) is 4.73. The first-order valence-corrected chi connectivity index (χ1v) is 12.0. The van der Waals surface area contributed by atoms with Crippen LogP contribution >= 0.6 is 0 Å². The number of aliphatic hydroxyl groups is 1. The van der Waals surface area contributed by atoms with E-state index >= 15 is 0 Å². The Bertz CT molecular complexity index is 1550. The number of halogens is 1. The van der Waals surface area contributed by atoms with E-state index in [9.17, 15) is 9.50 Å². The van der Waals surface area contributed by atoms with Crippen molar-refractivity contribution in [1.82, 2.24) is 25.1 Å². The summed E-state index contributed by atoms with van der Waals surface area (Å²) >= 11 is 0. The van der Waals surface area contributed by atoms with Gasteiger partial charge >= 0.3 is 0 Å². The summed E-state index contributed by atoms with van der Waals surface area (Å²) < 4.78 is 22.0. The number of hydrogen-bond acceptors (Lipinski definition) is 6. The zero-order valence-corrected chi connectivity index (χ0v) is 19.9. The maximum atomic E-state index is 14.1. The molecule has 1 fully saturated rings. The lowest BCUT2D eigenvalue weighted by Crippen LogP contribution is -2.45. The molecule has 7 nitrogen and oxygen atoms in total. The molecule has 8 heteroatoms.